The van der Waals surface area contributed by atoms with E-state index in [1.54, 1.807) is 7.11 Å². The SMILES string of the molecule is COc1ccc(CNC(=O)CNC(=O)C(c2ccccc2)c2ccccc2)cc1. The van der Waals surface area contributed by atoms with Crippen molar-refractivity contribution in [2.24, 2.45) is 0 Å². The Kier molecular flexibility index (Phi) is 7.00. The third kappa shape index (κ3) is 5.69. The maximum atomic E-state index is 12.9. The van der Waals surface area contributed by atoms with Gasteiger partial charge in [-0.3, -0.25) is 9.59 Å². The van der Waals surface area contributed by atoms with E-state index in [1.165, 1.54) is 0 Å². The van der Waals surface area contributed by atoms with Crippen LogP contribution in [0, 0.1) is 0 Å². The van der Waals surface area contributed by atoms with Gasteiger partial charge < -0.3 is 15.4 Å². The van der Waals surface area contributed by atoms with Crippen LogP contribution in [0.15, 0.2) is 84.9 Å². The number of methoxy groups -OCH3 is 1. The monoisotopic (exact) mass is 388 g/mol. The molecule has 0 saturated carbocycles. The van der Waals surface area contributed by atoms with Crippen LogP contribution in [-0.4, -0.2) is 25.5 Å². The second-order valence-corrected chi connectivity index (χ2v) is 6.60. The van der Waals surface area contributed by atoms with Gasteiger partial charge in [0.05, 0.1) is 19.6 Å². The minimum Gasteiger partial charge on any atom is -0.497 e. The summed E-state index contributed by atoms with van der Waals surface area (Å²) in [6.07, 6.45) is 0. The van der Waals surface area contributed by atoms with Crippen molar-refractivity contribution in [1.29, 1.82) is 0 Å². The van der Waals surface area contributed by atoms with Gasteiger partial charge in [-0.2, -0.15) is 0 Å². The zero-order chi connectivity index (χ0) is 20.5. The van der Waals surface area contributed by atoms with E-state index in [0.29, 0.717) is 6.54 Å². The number of hydrogen-bond acceptors (Lipinski definition) is 3. The summed E-state index contributed by atoms with van der Waals surface area (Å²) in [4.78, 5) is 25.1. The molecule has 0 spiro atoms. The number of amides is 2. The van der Waals surface area contributed by atoms with E-state index >= 15 is 0 Å². The summed E-state index contributed by atoms with van der Waals surface area (Å²) in [5.41, 5.74) is 2.72. The van der Waals surface area contributed by atoms with Crippen molar-refractivity contribution in [3.8, 4) is 5.75 Å². The molecule has 0 bridgehead atoms. The van der Waals surface area contributed by atoms with Crippen molar-refractivity contribution in [1.82, 2.24) is 10.6 Å². The molecule has 0 aromatic heterocycles. The third-order valence-electron chi connectivity index (χ3n) is 4.60. The summed E-state index contributed by atoms with van der Waals surface area (Å²) < 4.78 is 5.12. The Morgan fingerprint density at radius 3 is 1.86 bits per heavy atom. The van der Waals surface area contributed by atoms with Crippen LogP contribution in [0.2, 0.25) is 0 Å². The summed E-state index contributed by atoms with van der Waals surface area (Å²) in [5, 5.41) is 5.58. The van der Waals surface area contributed by atoms with Gasteiger partial charge in [0.1, 0.15) is 5.75 Å². The summed E-state index contributed by atoms with van der Waals surface area (Å²) >= 11 is 0. The van der Waals surface area contributed by atoms with Crippen molar-refractivity contribution in [3.05, 3.63) is 102 Å². The molecule has 3 rings (SSSR count). The van der Waals surface area contributed by atoms with Crippen LogP contribution in [-0.2, 0) is 16.1 Å². The standard InChI is InChI=1S/C24H24N2O3/c1-29-21-14-12-18(13-15-21)16-25-22(27)17-26-24(28)23(19-8-4-2-5-9-19)20-10-6-3-7-11-20/h2-15,23H,16-17H2,1H3,(H,25,27)(H,26,28). The first kappa shape index (κ1) is 20.1. The molecule has 2 N–H and O–H groups in total. The summed E-state index contributed by atoms with van der Waals surface area (Å²) in [6.45, 7) is 0.310. The number of carbonyl (C=O) groups excluding carboxylic acids is 2. The maximum Gasteiger partial charge on any atom is 0.239 e. The highest BCUT2D eigenvalue weighted by molar-refractivity contribution is 5.90. The van der Waals surface area contributed by atoms with Crippen molar-refractivity contribution in [2.75, 3.05) is 13.7 Å². The fourth-order valence-corrected chi connectivity index (χ4v) is 3.06. The van der Waals surface area contributed by atoms with Crippen LogP contribution in [0.4, 0.5) is 0 Å². The van der Waals surface area contributed by atoms with E-state index in [9.17, 15) is 9.59 Å². The van der Waals surface area contributed by atoms with Crippen molar-refractivity contribution in [2.45, 2.75) is 12.5 Å². The van der Waals surface area contributed by atoms with Crippen LogP contribution in [0.25, 0.3) is 0 Å². The molecule has 0 aliphatic carbocycles. The van der Waals surface area contributed by atoms with Crippen LogP contribution >= 0.6 is 0 Å². The number of rotatable bonds is 8. The first-order valence-electron chi connectivity index (χ1n) is 9.44. The van der Waals surface area contributed by atoms with Gasteiger partial charge in [0, 0.05) is 6.54 Å². The van der Waals surface area contributed by atoms with Crippen LogP contribution in [0.3, 0.4) is 0 Å². The van der Waals surface area contributed by atoms with Gasteiger partial charge in [-0.1, -0.05) is 72.8 Å². The Labute approximate surface area is 170 Å². The van der Waals surface area contributed by atoms with E-state index in [0.717, 1.165) is 22.4 Å². The summed E-state index contributed by atoms with van der Waals surface area (Å²) in [7, 11) is 1.61. The van der Waals surface area contributed by atoms with Gasteiger partial charge in [0.25, 0.3) is 0 Å². The second kappa shape index (κ2) is 10.1. The number of hydrogen-bond donors (Lipinski definition) is 2. The molecule has 3 aromatic carbocycles. The highest BCUT2D eigenvalue weighted by atomic mass is 16.5. The Hall–Kier alpha value is -3.60. The van der Waals surface area contributed by atoms with Gasteiger partial charge in [-0.25, -0.2) is 0 Å². The molecular formula is C24H24N2O3. The minimum atomic E-state index is -0.466. The zero-order valence-corrected chi connectivity index (χ0v) is 16.3. The lowest BCUT2D eigenvalue weighted by atomic mass is 9.90. The first-order chi connectivity index (χ1) is 14.2. The summed E-state index contributed by atoms with van der Waals surface area (Å²) in [6, 6.07) is 26.6. The number of carbonyl (C=O) groups is 2. The first-order valence-corrected chi connectivity index (χ1v) is 9.44. The molecule has 0 saturated heterocycles. The van der Waals surface area contributed by atoms with Crippen LogP contribution in [0.5, 0.6) is 5.75 Å². The van der Waals surface area contributed by atoms with Gasteiger partial charge in [0.15, 0.2) is 0 Å². The van der Waals surface area contributed by atoms with Gasteiger partial charge in [-0.15, -0.1) is 0 Å². The van der Waals surface area contributed by atoms with Gasteiger partial charge in [-0.05, 0) is 28.8 Å². The van der Waals surface area contributed by atoms with Gasteiger partial charge in [0.2, 0.25) is 11.8 Å². The number of benzene rings is 3. The lowest BCUT2D eigenvalue weighted by Gasteiger charge is -2.18. The van der Waals surface area contributed by atoms with Crippen molar-refractivity contribution in [3.63, 3.8) is 0 Å². The highest BCUT2D eigenvalue weighted by Gasteiger charge is 2.22. The number of ether oxygens (including phenoxy) is 1. The smallest absolute Gasteiger partial charge is 0.239 e. The minimum absolute atomic E-state index is 0.0782. The Morgan fingerprint density at radius 2 is 1.34 bits per heavy atom. The quantitative estimate of drug-likeness (QED) is 0.622. The van der Waals surface area contributed by atoms with E-state index in [1.807, 2.05) is 84.9 Å². The lowest BCUT2D eigenvalue weighted by molar-refractivity contribution is -0.126. The molecule has 148 valence electrons. The molecule has 0 aliphatic heterocycles. The fraction of sp³-hybridized carbons (Fsp3) is 0.167. The molecule has 0 radical (unpaired) electrons. The predicted molar refractivity (Wildman–Crippen MR) is 113 cm³/mol. The normalized spacial score (nSPS) is 10.4. The van der Waals surface area contributed by atoms with Crippen molar-refractivity contribution < 1.29 is 14.3 Å². The van der Waals surface area contributed by atoms with Crippen LogP contribution < -0.4 is 15.4 Å². The zero-order valence-electron chi connectivity index (χ0n) is 16.3. The van der Waals surface area contributed by atoms with Crippen molar-refractivity contribution >= 4 is 11.8 Å². The predicted octanol–water partition coefficient (Wildman–Crippen LogP) is 3.26. The average molecular weight is 388 g/mol. The van der Waals surface area contributed by atoms with E-state index in [2.05, 4.69) is 10.6 Å². The molecule has 2 amide bonds. The second-order valence-electron chi connectivity index (χ2n) is 6.60. The lowest BCUT2D eigenvalue weighted by Crippen LogP contribution is -2.39. The fourth-order valence-electron chi connectivity index (χ4n) is 3.06. The number of nitrogens with one attached hydrogen (secondary N) is 2. The molecule has 0 atom stereocenters. The molecule has 5 heteroatoms. The van der Waals surface area contributed by atoms with E-state index < -0.39 is 5.92 Å². The Balaban J connectivity index is 1.58. The van der Waals surface area contributed by atoms with Crippen LogP contribution in [0.1, 0.15) is 22.6 Å². The van der Waals surface area contributed by atoms with Gasteiger partial charge >= 0.3 is 0 Å². The largest absolute Gasteiger partial charge is 0.497 e. The van der Waals surface area contributed by atoms with E-state index in [-0.39, 0.29) is 18.4 Å². The molecule has 0 aliphatic rings. The molecular weight excluding hydrogens is 364 g/mol. The molecule has 3 aromatic rings. The maximum absolute atomic E-state index is 12.9. The topological polar surface area (TPSA) is 67.4 Å². The molecule has 0 unspecified atom stereocenters. The Morgan fingerprint density at radius 1 is 0.793 bits per heavy atom. The molecule has 0 heterocycles. The third-order valence-corrected chi connectivity index (χ3v) is 4.60. The molecule has 5 nitrogen and oxygen atoms in total. The molecule has 29 heavy (non-hydrogen) atoms. The average Bonchev–Trinajstić information content (AvgIpc) is 2.78. The summed E-state index contributed by atoms with van der Waals surface area (Å²) in [5.74, 6) is -0.150. The van der Waals surface area contributed by atoms with E-state index in [4.69, 9.17) is 4.74 Å². The highest BCUT2D eigenvalue weighted by Crippen LogP contribution is 2.24. The Bertz CT molecular complexity index is 886. The molecule has 0 fully saturated rings.